The van der Waals surface area contributed by atoms with E-state index in [1.807, 2.05) is 0 Å². The number of pyridine rings is 1. The number of nitrogens with zero attached hydrogens (tertiary/aromatic N) is 3. The van der Waals surface area contributed by atoms with Crippen molar-refractivity contribution in [3.8, 4) is 11.5 Å². The molecule has 0 saturated carbocycles. The van der Waals surface area contributed by atoms with E-state index in [-0.39, 0.29) is 17.0 Å². The molecule has 2 heterocycles. The summed E-state index contributed by atoms with van der Waals surface area (Å²) in [5, 5.41) is 6.99. The lowest BCUT2D eigenvalue weighted by molar-refractivity contribution is -0.274. The number of nitrogens with one attached hydrogen (secondary N) is 1. The first kappa shape index (κ1) is 23.2. The molecule has 0 bridgehead atoms. The maximum Gasteiger partial charge on any atom is 0.573 e. The summed E-state index contributed by atoms with van der Waals surface area (Å²) < 4.78 is 83.6. The van der Waals surface area contributed by atoms with E-state index in [1.54, 1.807) is 6.92 Å². The van der Waals surface area contributed by atoms with Gasteiger partial charge in [0.2, 0.25) is 0 Å². The predicted molar refractivity (Wildman–Crippen MR) is 99.1 cm³/mol. The Hall–Kier alpha value is -3.51. The van der Waals surface area contributed by atoms with Crippen molar-refractivity contribution >= 4 is 16.8 Å². The molecule has 0 aliphatic heterocycles. The molecule has 0 spiro atoms. The summed E-state index contributed by atoms with van der Waals surface area (Å²) in [6.07, 6.45) is -8.24. The van der Waals surface area contributed by atoms with Crippen molar-refractivity contribution < 1.29 is 40.6 Å². The highest BCUT2D eigenvalue weighted by Crippen LogP contribution is 2.28. The first-order valence-electron chi connectivity index (χ1n) is 9.01. The van der Waals surface area contributed by atoms with Crippen LogP contribution in [0.15, 0.2) is 36.5 Å². The van der Waals surface area contributed by atoms with Gasteiger partial charge < -0.3 is 14.8 Å². The van der Waals surface area contributed by atoms with Gasteiger partial charge in [-0.05, 0) is 31.2 Å². The monoisotopic (exact) mass is 462 g/mol. The predicted octanol–water partition coefficient (Wildman–Crippen LogP) is 4.30. The van der Waals surface area contributed by atoms with Gasteiger partial charge in [0.15, 0.2) is 12.3 Å². The van der Waals surface area contributed by atoms with Crippen LogP contribution in [0.25, 0.3) is 10.9 Å². The normalized spacial score (nSPS) is 13.1. The van der Waals surface area contributed by atoms with E-state index in [0.29, 0.717) is 11.1 Å². The molecule has 0 aliphatic rings. The third-order valence-corrected chi connectivity index (χ3v) is 4.22. The van der Waals surface area contributed by atoms with Gasteiger partial charge in [-0.25, -0.2) is 0 Å². The Bertz CT molecular complexity index is 1110. The molecular weight excluding hydrogens is 446 g/mol. The average Bonchev–Trinajstić information content (AvgIpc) is 3.01. The summed E-state index contributed by atoms with van der Waals surface area (Å²) in [7, 11) is 1.46. The van der Waals surface area contributed by atoms with E-state index in [4.69, 9.17) is 0 Å². The van der Waals surface area contributed by atoms with Crippen LogP contribution < -0.4 is 14.8 Å². The first-order valence-corrected chi connectivity index (χ1v) is 9.01. The highest BCUT2D eigenvalue weighted by Gasteiger charge is 2.31. The fraction of sp³-hybridized carbons (Fsp3) is 0.316. The molecular formula is C19H16F6N4O3. The van der Waals surface area contributed by atoms with Crippen LogP contribution in [0.2, 0.25) is 0 Å². The lowest BCUT2D eigenvalue weighted by Gasteiger charge is -2.14. The van der Waals surface area contributed by atoms with E-state index in [2.05, 4.69) is 24.9 Å². The second-order valence-electron chi connectivity index (χ2n) is 6.72. The minimum Gasteiger partial charge on any atom is -0.483 e. The fourth-order valence-corrected chi connectivity index (χ4v) is 2.84. The Balaban J connectivity index is 1.72. The first-order chi connectivity index (χ1) is 14.8. The van der Waals surface area contributed by atoms with Crippen molar-refractivity contribution in [2.75, 3.05) is 6.61 Å². The topological polar surface area (TPSA) is 78.3 Å². The molecule has 1 unspecified atom stereocenters. The third-order valence-electron chi connectivity index (χ3n) is 4.22. The van der Waals surface area contributed by atoms with Gasteiger partial charge in [-0.15, -0.1) is 13.2 Å². The number of amides is 1. The zero-order valence-corrected chi connectivity index (χ0v) is 16.6. The highest BCUT2D eigenvalue weighted by molar-refractivity contribution is 6.05. The molecule has 13 heteroatoms. The second-order valence-corrected chi connectivity index (χ2v) is 6.72. The summed E-state index contributed by atoms with van der Waals surface area (Å²) >= 11 is 0. The number of aryl methyl sites for hydroxylation is 1. The van der Waals surface area contributed by atoms with Crippen LogP contribution in [0.4, 0.5) is 26.3 Å². The number of aromatic nitrogens is 3. The maximum absolute atomic E-state index is 12.7. The molecule has 0 radical (unpaired) electrons. The Labute approximate surface area is 176 Å². The number of carbonyl (C=O) groups is 1. The quantitative estimate of drug-likeness (QED) is 0.553. The third kappa shape index (κ3) is 5.80. The van der Waals surface area contributed by atoms with Crippen LogP contribution in [0.3, 0.4) is 0 Å². The molecule has 0 aliphatic carbocycles. The van der Waals surface area contributed by atoms with Gasteiger partial charge in [-0.3, -0.25) is 14.5 Å². The Morgan fingerprint density at radius 1 is 1.12 bits per heavy atom. The van der Waals surface area contributed by atoms with Gasteiger partial charge >= 0.3 is 12.5 Å². The standard InChI is InChI=1S/C19H16F6N4O3/c1-10(14-6-4-12(8-26-14)31-9-18(20,21)22)27-17(30)16-13-5-3-11(32-19(23,24)25)7-15(13)29(2)28-16/h3-8,10H,9H2,1-2H3,(H,27,30). The van der Waals surface area contributed by atoms with Crippen molar-refractivity contribution in [2.24, 2.45) is 7.05 Å². The Kier molecular flexibility index (Phi) is 6.19. The van der Waals surface area contributed by atoms with E-state index in [0.717, 1.165) is 18.3 Å². The summed E-state index contributed by atoms with van der Waals surface area (Å²) in [5.74, 6) is -1.16. The zero-order valence-electron chi connectivity index (χ0n) is 16.6. The van der Waals surface area contributed by atoms with Crippen LogP contribution in [-0.4, -0.2) is 39.8 Å². The summed E-state index contributed by atoms with van der Waals surface area (Å²) in [6, 6.07) is 5.50. The van der Waals surface area contributed by atoms with Crippen molar-refractivity contribution in [3.63, 3.8) is 0 Å². The van der Waals surface area contributed by atoms with Gasteiger partial charge in [-0.1, -0.05) is 0 Å². The molecule has 1 N–H and O–H groups in total. The minimum atomic E-state index is -4.86. The van der Waals surface area contributed by atoms with Gasteiger partial charge in [0.25, 0.3) is 5.91 Å². The molecule has 7 nitrogen and oxygen atoms in total. The smallest absolute Gasteiger partial charge is 0.483 e. The van der Waals surface area contributed by atoms with Crippen LogP contribution in [0.1, 0.15) is 29.1 Å². The van der Waals surface area contributed by atoms with Crippen molar-refractivity contribution in [1.29, 1.82) is 0 Å². The summed E-state index contributed by atoms with van der Waals surface area (Å²) in [6.45, 7) is 0.139. The molecule has 0 fully saturated rings. The van der Waals surface area contributed by atoms with Gasteiger partial charge in [0.05, 0.1) is 23.4 Å². The van der Waals surface area contributed by atoms with Crippen LogP contribution in [0, 0.1) is 0 Å². The Morgan fingerprint density at radius 2 is 1.81 bits per heavy atom. The van der Waals surface area contributed by atoms with Gasteiger partial charge in [-0.2, -0.15) is 18.3 Å². The zero-order chi connectivity index (χ0) is 23.7. The maximum atomic E-state index is 12.7. The molecule has 1 atom stereocenters. The molecule has 1 amide bonds. The van der Waals surface area contributed by atoms with Crippen molar-refractivity contribution in [2.45, 2.75) is 25.5 Å². The minimum absolute atomic E-state index is 0.0296. The molecule has 1 aromatic carbocycles. The fourth-order valence-electron chi connectivity index (χ4n) is 2.84. The number of alkyl halides is 6. The SMILES string of the molecule is CC(NC(=O)c1nn(C)c2cc(OC(F)(F)F)ccc12)c1ccc(OCC(F)(F)F)cn1. The Morgan fingerprint density at radius 3 is 2.41 bits per heavy atom. The van der Waals surface area contributed by atoms with Crippen molar-refractivity contribution in [3.05, 3.63) is 47.9 Å². The molecule has 32 heavy (non-hydrogen) atoms. The number of fused-ring (bicyclic) bond motifs is 1. The van der Waals surface area contributed by atoms with Gasteiger partial charge in [0.1, 0.15) is 11.5 Å². The van der Waals surface area contributed by atoms with E-state index < -0.39 is 36.8 Å². The van der Waals surface area contributed by atoms with E-state index >= 15 is 0 Å². The van der Waals surface area contributed by atoms with Crippen LogP contribution in [0.5, 0.6) is 11.5 Å². The van der Waals surface area contributed by atoms with Gasteiger partial charge in [0, 0.05) is 18.5 Å². The second kappa shape index (κ2) is 8.55. The number of carbonyl (C=O) groups excluding carboxylic acids is 1. The van der Waals surface area contributed by atoms with Crippen LogP contribution >= 0.6 is 0 Å². The van der Waals surface area contributed by atoms with E-state index in [1.165, 1.54) is 29.9 Å². The number of ether oxygens (including phenoxy) is 2. The van der Waals surface area contributed by atoms with Crippen molar-refractivity contribution in [1.82, 2.24) is 20.1 Å². The number of rotatable bonds is 6. The summed E-state index contributed by atoms with van der Waals surface area (Å²) in [5.41, 5.74) is 0.561. The van der Waals surface area contributed by atoms with E-state index in [9.17, 15) is 31.1 Å². The molecule has 2 aromatic heterocycles. The van der Waals surface area contributed by atoms with Crippen LogP contribution in [-0.2, 0) is 7.05 Å². The average molecular weight is 462 g/mol. The molecule has 3 aromatic rings. The number of hydrogen-bond donors (Lipinski definition) is 1. The summed E-state index contributed by atoms with van der Waals surface area (Å²) in [4.78, 5) is 16.7. The molecule has 172 valence electrons. The number of halogens is 6. The lowest BCUT2D eigenvalue weighted by Crippen LogP contribution is -2.27. The molecule has 0 saturated heterocycles. The number of benzene rings is 1. The lowest BCUT2D eigenvalue weighted by atomic mass is 10.1. The number of hydrogen-bond acceptors (Lipinski definition) is 5. The highest BCUT2D eigenvalue weighted by atomic mass is 19.4. The largest absolute Gasteiger partial charge is 0.573 e. The molecule has 3 rings (SSSR count).